The largest absolute Gasteiger partial charge is 0.467 e. The van der Waals surface area contributed by atoms with Crippen LogP contribution in [-0.4, -0.2) is 43.0 Å². The number of anilines is 1. The lowest BCUT2D eigenvalue weighted by Gasteiger charge is -2.15. The minimum Gasteiger partial charge on any atom is -0.467 e. The van der Waals surface area contributed by atoms with E-state index in [9.17, 15) is 9.59 Å². The number of nitrogens with one attached hydrogen (secondary N) is 1. The molecule has 0 unspecified atom stereocenters. The summed E-state index contributed by atoms with van der Waals surface area (Å²) < 4.78 is 6.78. The molecule has 9 heteroatoms. The van der Waals surface area contributed by atoms with Crippen LogP contribution in [0.25, 0.3) is 5.82 Å². The number of amides is 2. The van der Waals surface area contributed by atoms with Gasteiger partial charge in [-0.2, -0.15) is 5.10 Å². The van der Waals surface area contributed by atoms with Crippen molar-refractivity contribution in [2.24, 2.45) is 5.92 Å². The molecule has 0 bridgehead atoms. The van der Waals surface area contributed by atoms with Crippen LogP contribution >= 0.6 is 0 Å². The number of nitrogens with zero attached hydrogens (tertiary/aromatic N) is 5. The van der Waals surface area contributed by atoms with E-state index in [1.54, 1.807) is 41.9 Å². The van der Waals surface area contributed by atoms with Gasteiger partial charge in [0.2, 0.25) is 11.8 Å². The average Bonchev–Trinajstić information content (AvgIpc) is 3.39. The van der Waals surface area contributed by atoms with Crippen molar-refractivity contribution in [3.63, 3.8) is 0 Å². The molecule has 26 heavy (non-hydrogen) atoms. The van der Waals surface area contributed by atoms with Crippen molar-refractivity contribution in [3.8, 4) is 5.82 Å². The summed E-state index contributed by atoms with van der Waals surface area (Å²) in [6.45, 7) is 0.750. The molecule has 2 amide bonds. The molecule has 1 aliphatic heterocycles. The van der Waals surface area contributed by atoms with Crippen LogP contribution < -0.4 is 5.32 Å². The molecule has 0 aromatic carbocycles. The van der Waals surface area contributed by atoms with Gasteiger partial charge in [-0.25, -0.2) is 14.6 Å². The van der Waals surface area contributed by atoms with Gasteiger partial charge in [0.25, 0.3) is 0 Å². The fraction of sp³-hybridized carbons (Fsp3) is 0.235. The number of rotatable bonds is 5. The van der Waals surface area contributed by atoms with Crippen molar-refractivity contribution in [2.45, 2.75) is 13.0 Å². The third kappa shape index (κ3) is 3.32. The van der Waals surface area contributed by atoms with E-state index in [1.807, 2.05) is 6.07 Å². The van der Waals surface area contributed by atoms with E-state index in [4.69, 9.17) is 4.42 Å². The van der Waals surface area contributed by atoms with Crippen molar-refractivity contribution in [1.82, 2.24) is 24.6 Å². The fourth-order valence-corrected chi connectivity index (χ4v) is 2.86. The zero-order chi connectivity index (χ0) is 17.9. The van der Waals surface area contributed by atoms with Crippen molar-refractivity contribution in [1.29, 1.82) is 0 Å². The topological polar surface area (TPSA) is 106 Å². The molecule has 0 saturated carbocycles. The van der Waals surface area contributed by atoms with Gasteiger partial charge in [-0.05, 0) is 24.3 Å². The highest BCUT2D eigenvalue weighted by atomic mass is 16.3. The van der Waals surface area contributed by atoms with E-state index in [2.05, 4.69) is 20.4 Å². The van der Waals surface area contributed by atoms with E-state index in [0.29, 0.717) is 30.4 Å². The third-order valence-electron chi connectivity index (χ3n) is 4.18. The molecule has 1 N–H and O–H groups in total. The van der Waals surface area contributed by atoms with E-state index in [-0.39, 0.29) is 18.2 Å². The molecule has 0 spiro atoms. The summed E-state index contributed by atoms with van der Waals surface area (Å²) in [4.78, 5) is 34.3. The number of carbonyl (C=O) groups excluding carboxylic acids is 2. The molecular formula is C17H16N6O3. The Bertz CT molecular complexity index is 889. The predicted molar refractivity (Wildman–Crippen MR) is 90.0 cm³/mol. The van der Waals surface area contributed by atoms with Gasteiger partial charge >= 0.3 is 0 Å². The lowest BCUT2D eigenvalue weighted by atomic mass is 10.1. The maximum Gasteiger partial charge on any atom is 0.229 e. The normalized spacial score (nSPS) is 16.8. The summed E-state index contributed by atoms with van der Waals surface area (Å²) >= 11 is 0. The Balaban J connectivity index is 1.37. The summed E-state index contributed by atoms with van der Waals surface area (Å²) in [6.07, 6.45) is 6.26. The standard InChI is InChI=1S/C17H16N6O3/c24-16-6-12(8-22(16)9-14-2-1-5-26-14)17(25)21-13-3-4-15(19-7-13)23-11-18-10-20-23/h1-5,7,10-12H,6,8-9H2,(H,21,25)/t12-/m1/s1. The molecule has 1 atom stereocenters. The van der Waals surface area contributed by atoms with Gasteiger partial charge in [0, 0.05) is 13.0 Å². The minimum atomic E-state index is -0.396. The van der Waals surface area contributed by atoms with Gasteiger partial charge in [0.15, 0.2) is 5.82 Å². The molecule has 4 rings (SSSR count). The Hall–Kier alpha value is -3.49. The molecular weight excluding hydrogens is 336 g/mol. The summed E-state index contributed by atoms with van der Waals surface area (Å²) in [5.41, 5.74) is 0.566. The first-order valence-corrected chi connectivity index (χ1v) is 8.11. The smallest absolute Gasteiger partial charge is 0.229 e. The van der Waals surface area contributed by atoms with Crippen molar-refractivity contribution in [3.05, 3.63) is 55.1 Å². The maximum absolute atomic E-state index is 12.5. The van der Waals surface area contributed by atoms with E-state index in [0.717, 1.165) is 0 Å². The minimum absolute atomic E-state index is 0.0544. The Labute approximate surface area is 148 Å². The van der Waals surface area contributed by atoms with Gasteiger partial charge in [0.1, 0.15) is 18.4 Å². The van der Waals surface area contributed by atoms with E-state index < -0.39 is 5.92 Å². The van der Waals surface area contributed by atoms with Crippen LogP contribution in [0.3, 0.4) is 0 Å². The van der Waals surface area contributed by atoms with E-state index in [1.165, 1.54) is 11.0 Å². The summed E-state index contributed by atoms with van der Waals surface area (Å²) in [7, 11) is 0. The Morgan fingerprint density at radius 1 is 1.35 bits per heavy atom. The average molecular weight is 352 g/mol. The molecule has 1 aliphatic rings. The Morgan fingerprint density at radius 2 is 2.27 bits per heavy atom. The molecule has 0 aliphatic carbocycles. The molecule has 132 valence electrons. The number of hydrogen-bond donors (Lipinski definition) is 1. The first kappa shape index (κ1) is 16.0. The van der Waals surface area contributed by atoms with Crippen molar-refractivity contribution in [2.75, 3.05) is 11.9 Å². The van der Waals surface area contributed by atoms with E-state index >= 15 is 0 Å². The molecule has 9 nitrogen and oxygen atoms in total. The van der Waals surface area contributed by atoms with Crippen LogP contribution in [0.15, 0.2) is 53.8 Å². The van der Waals surface area contributed by atoms with Gasteiger partial charge in [-0.1, -0.05) is 0 Å². The fourth-order valence-electron chi connectivity index (χ4n) is 2.86. The maximum atomic E-state index is 12.5. The lowest BCUT2D eigenvalue weighted by molar-refractivity contribution is -0.128. The second kappa shape index (κ2) is 6.79. The summed E-state index contributed by atoms with van der Waals surface area (Å²) in [6, 6.07) is 7.05. The molecule has 3 aromatic heterocycles. The van der Waals surface area contributed by atoms with Crippen LogP contribution in [0.4, 0.5) is 5.69 Å². The molecule has 1 fully saturated rings. The lowest BCUT2D eigenvalue weighted by Crippen LogP contribution is -2.27. The van der Waals surface area contributed by atoms with Gasteiger partial charge in [-0.3, -0.25) is 9.59 Å². The van der Waals surface area contributed by atoms with Crippen molar-refractivity contribution < 1.29 is 14.0 Å². The first-order valence-electron chi connectivity index (χ1n) is 8.11. The zero-order valence-corrected chi connectivity index (χ0v) is 13.8. The summed E-state index contributed by atoms with van der Waals surface area (Å²) in [5.74, 6) is 0.651. The number of carbonyl (C=O) groups is 2. The quantitative estimate of drug-likeness (QED) is 0.740. The number of aromatic nitrogens is 4. The molecule has 3 aromatic rings. The van der Waals surface area contributed by atoms with Gasteiger partial charge < -0.3 is 14.6 Å². The summed E-state index contributed by atoms with van der Waals surface area (Å²) in [5, 5.41) is 6.80. The zero-order valence-electron chi connectivity index (χ0n) is 13.8. The highest BCUT2D eigenvalue weighted by molar-refractivity contribution is 5.97. The predicted octanol–water partition coefficient (Wildman–Crippen LogP) is 1.24. The van der Waals surface area contributed by atoms with Gasteiger partial charge in [0.05, 0.1) is 30.6 Å². The number of likely N-dealkylation sites (tertiary alicyclic amines) is 1. The monoisotopic (exact) mass is 352 g/mol. The first-order chi connectivity index (χ1) is 12.7. The highest BCUT2D eigenvalue weighted by Gasteiger charge is 2.34. The van der Waals surface area contributed by atoms with Crippen LogP contribution in [0.1, 0.15) is 12.2 Å². The second-order valence-electron chi connectivity index (χ2n) is 5.99. The van der Waals surface area contributed by atoms with Crippen LogP contribution in [-0.2, 0) is 16.1 Å². The number of hydrogen-bond acceptors (Lipinski definition) is 6. The van der Waals surface area contributed by atoms with Crippen LogP contribution in [0.5, 0.6) is 0 Å². The Morgan fingerprint density at radius 3 is 2.96 bits per heavy atom. The van der Waals surface area contributed by atoms with Crippen LogP contribution in [0.2, 0.25) is 0 Å². The molecule has 4 heterocycles. The number of furan rings is 1. The SMILES string of the molecule is O=C(Nc1ccc(-n2cncn2)nc1)[C@@H]1CC(=O)N(Cc2ccco2)C1. The van der Waals surface area contributed by atoms with Crippen LogP contribution in [0, 0.1) is 5.92 Å². The number of pyridine rings is 1. The molecule has 1 saturated heterocycles. The third-order valence-corrected chi connectivity index (χ3v) is 4.18. The Kier molecular flexibility index (Phi) is 4.18. The van der Waals surface area contributed by atoms with Gasteiger partial charge in [-0.15, -0.1) is 0 Å². The highest BCUT2D eigenvalue weighted by Crippen LogP contribution is 2.22. The second-order valence-corrected chi connectivity index (χ2v) is 5.99. The molecule has 0 radical (unpaired) electrons. The van der Waals surface area contributed by atoms with Crippen molar-refractivity contribution >= 4 is 17.5 Å².